The highest BCUT2D eigenvalue weighted by Crippen LogP contribution is 2.28. The molecule has 0 bridgehead atoms. The van der Waals surface area contributed by atoms with Gasteiger partial charge in [0.05, 0.1) is 0 Å². The van der Waals surface area contributed by atoms with Crippen LogP contribution in [0.25, 0.3) is 0 Å². The highest BCUT2D eigenvalue weighted by Gasteiger charge is 2.32. The summed E-state index contributed by atoms with van der Waals surface area (Å²) in [5.41, 5.74) is 6.03. The summed E-state index contributed by atoms with van der Waals surface area (Å²) in [5, 5.41) is 3.05. The van der Waals surface area contributed by atoms with Gasteiger partial charge in [0.1, 0.15) is 0 Å². The molecule has 1 aliphatic carbocycles. The van der Waals surface area contributed by atoms with E-state index in [0.29, 0.717) is 12.0 Å². The predicted molar refractivity (Wildman–Crippen MR) is 75.3 cm³/mol. The summed E-state index contributed by atoms with van der Waals surface area (Å²) in [6.07, 6.45) is 3.12. The Balaban J connectivity index is 2.32. The molecule has 106 valence electrons. The van der Waals surface area contributed by atoms with Crippen LogP contribution in [-0.4, -0.2) is 43.0 Å². The number of nitrogens with two attached hydrogens (primary N) is 1. The molecule has 1 rings (SSSR count). The molecule has 0 aromatic rings. The van der Waals surface area contributed by atoms with Gasteiger partial charge in [0.2, 0.25) is 5.91 Å². The molecule has 1 amide bonds. The minimum Gasteiger partial charge on any atom is -0.355 e. The molecule has 0 aliphatic heterocycles. The second kappa shape index (κ2) is 7.10. The Kier molecular flexibility index (Phi) is 6.09. The van der Waals surface area contributed by atoms with E-state index in [1.165, 1.54) is 0 Å². The summed E-state index contributed by atoms with van der Waals surface area (Å²) in [6.45, 7) is 8.05. The van der Waals surface area contributed by atoms with Gasteiger partial charge >= 0.3 is 0 Å². The van der Waals surface area contributed by atoms with Crippen LogP contribution in [0, 0.1) is 11.8 Å². The summed E-state index contributed by atoms with van der Waals surface area (Å²) in [5.74, 6) is 0.606. The van der Waals surface area contributed by atoms with Gasteiger partial charge in [-0.2, -0.15) is 0 Å². The molecule has 4 nitrogen and oxygen atoms in total. The van der Waals surface area contributed by atoms with Gasteiger partial charge in [-0.15, -0.1) is 0 Å². The lowest BCUT2D eigenvalue weighted by Gasteiger charge is -2.33. The quantitative estimate of drug-likeness (QED) is 0.776. The van der Waals surface area contributed by atoms with E-state index in [4.69, 9.17) is 5.73 Å². The van der Waals surface area contributed by atoms with Crippen LogP contribution >= 0.6 is 0 Å². The van der Waals surface area contributed by atoms with E-state index in [9.17, 15) is 4.79 Å². The molecule has 1 fully saturated rings. The Morgan fingerprint density at radius 2 is 2.11 bits per heavy atom. The molecule has 0 radical (unpaired) electrons. The van der Waals surface area contributed by atoms with Crippen LogP contribution in [-0.2, 0) is 4.79 Å². The first-order chi connectivity index (χ1) is 8.43. The topological polar surface area (TPSA) is 58.4 Å². The molecule has 0 saturated heterocycles. The Morgan fingerprint density at radius 3 is 2.72 bits per heavy atom. The van der Waals surface area contributed by atoms with Crippen LogP contribution in [0.1, 0.15) is 40.0 Å². The van der Waals surface area contributed by atoms with Crippen LogP contribution in [0.15, 0.2) is 0 Å². The number of rotatable bonds is 5. The Morgan fingerprint density at radius 1 is 1.44 bits per heavy atom. The molecule has 0 heterocycles. The number of carbonyl (C=O) groups is 1. The molecular weight excluding hydrogens is 226 g/mol. The van der Waals surface area contributed by atoms with E-state index in [1.54, 1.807) is 0 Å². The Bertz CT molecular complexity index is 268. The molecule has 3 unspecified atom stereocenters. The summed E-state index contributed by atoms with van der Waals surface area (Å²) in [4.78, 5) is 14.4. The van der Waals surface area contributed by atoms with Crippen molar-refractivity contribution in [3.8, 4) is 0 Å². The van der Waals surface area contributed by atoms with Gasteiger partial charge in [0, 0.05) is 31.1 Å². The lowest BCUT2D eigenvalue weighted by Crippen LogP contribution is -2.45. The maximum atomic E-state index is 12.1. The molecule has 3 atom stereocenters. The lowest BCUT2D eigenvalue weighted by molar-refractivity contribution is -0.127. The monoisotopic (exact) mass is 255 g/mol. The lowest BCUT2D eigenvalue weighted by atomic mass is 9.77. The summed E-state index contributed by atoms with van der Waals surface area (Å²) in [7, 11) is 2.08. The normalized spacial score (nSPS) is 28.7. The number of nitrogens with zero attached hydrogens (tertiary/aromatic N) is 1. The molecule has 4 heteroatoms. The standard InChI is InChI=1S/C14H29N3O/c1-10(2)17(4)9-8-16-14(18)12-6-5-7-13(15)11(12)3/h10-13H,5-9,15H2,1-4H3,(H,16,18). The van der Waals surface area contributed by atoms with Gasteiger partial charge in [0.15, 0.2) is 0 Å². The zero-order valence-electron chi connectivity index (χ0n) is 12.3. The van der Waals surface area contributed by atoms with Crippen LogP contribution in [0.2, 0.25) is 0 Å². The van der Waals surface area contributed by atoms with E-state index in [-0.39, 0.29) is 17.9 Å². The number of hydrogen-bond acceptors (Lipinski definition) is 3. The van der Waals surface area contributed by atoms with Gasteiger partial charge in [-0.3, -0.25) is 4.79 Å². The first-order valence-electron chi connectivity index (χ1n) is 7.17. The molecule has 18 heavy (non-hydrogen) atoms. The largest absolute Gasteiger partial charge is 0.355 e. The Hall–Kier alpha value is -0.610. The second-order valence-corrected chi connectivity index (χ2v) is 5.93. The van der Waals surface area contributed by atoms with Gasteiger partial charge in [-0.25, -0.2) is 0 Å². The molecule has 0 spiro atoms. The summed E-state index contributed by atoms with van der Waals surface area (Å²) < 4.78 is 0. The number of nitrogens with one attached hydrogen (secondary N) is 1. The van der Waals surface area contributed by atoms with Gasteiger partial charge in [0.25, 0.3) is 0 Å². The van der Waals surface area contributed by atoms with Gasteiger partial charge in [-0.1, -0.05) is 13.3 Å². The van der Waals surface area contributed by atoms with Crippen molar-refractivity contribution in [3.05, 3.63) is 0 Å². The fourth-order valence-corrected chi connectivity index (χ4v) is 2.51. The van der Waals surface area contributed by atoms with Crippen LogP contribution in [0.4, 0.5) is 0 Å². The third-order valence-corrected chi connectivity index (χ3v) is 4.34. The Labute approximate surface area is 111 Å². The smallest absolute Gasteiger partial charge is 0.223 e. The van der Waals surface area contributed by atoms with Crippen LogP contribution in [0.5, 0.6) is 0 Å². The van der Waals surface area contributed by atoms with E-state index in [2.05, 4.69) is 38.0 Å². The highest BCUT2D eigenvalue weighted by molar-refractivity contribution is 5.79. The van der Waals surface area contributed by atoms with Crippen molar-refractivity contribution < 1.29 is 4.79 Å². The zero-order chi connectivity index (χ0) is 13.7. The fraction of sp³-hybridized carbons (Fsp3) is 0.929. The predicted octanol–water partition coefficient (Wildman–Crippen LogP) is 1.21. The van der Waals surface area contributed by atoms with Crippen molar-refractivity contribution in [2.24, 2.45) is 17.6 Å². The van der Waals surface area contributed by atoms with E-state index < -0.39 is 0 Å². The van der Waals surface area contributed by atoms with Crippen molar-refractivity contribution in [3.63, 3.8) is 0 Å². The number of hydrogen-bond donors (Lipinski definition) is 2. The average molecular weight is 255 g/mol. The zero-order valence-corrected chi connectivity index (χ0v) is 12.3. The number of likely N-dealkylation sites (N-methyl/N-ethyl adjacent to an activating group) is 1. The minimum absolute atomic E-state index is 0.109. The van der Waals surface area contributed by atoms with Crippen molar-refractivity contribution in [1.29, 1.82) is 0 Å². The van der Waals surface area contributed by atoms with E-state index in [1.807, 2.05) is 0 Å². The molecule has 1 saturated carbocycles. The molecule has 0 aromatic heterocycles. The summed E-state index contributed by atoms with van der Waals surface area (Å²) in [6, 6.07) is 0.705. The first kappa shape index (κ1) is 15.4. The van der Waals surface area contributed by atoms with Gasteiger partial charge in [-0.05, 0) is 39.7 Å². The minimum atomic E-state index is 0.109. The van der Waals surface area contributed by atoms with Crippen molar-refractivity contribution in [2.45, 2.75) is 52.1 Å². The second-order valence-electron chi connectivity index (χ2n) is 5.93. The SMILES string of the molecule is CC1C(N)CCCC1C(=O)NCCN(C)C(C)C. The third kappa shape index (κ3) is 4.25. The average Bonchev–Trinajstić information content (AvgIpc) is 2.32. The molecule has 1 aliphatic rings. The van der Waals surface area contributed by atoms with Gasteiger partial charge < -0.3 is 16.0 Å². The van der Waals surface area contributed by atoms with Crippen molar-refractivity contribution in [1.82, 2.24) is 10.2 Å². The van der Waals surface area contributed by atoms with Crippen LogP contribution in [0.3, 0.4) is 0 Å². The maximum absolute atomic E-state index is 12.1. The van der Waals surface area contributed by atoms with E-state index >= 15 is 0 Å². The molecule has 0 aromatic carbocycles. The maximum Gasteiger partial charge on any atom is 0.223 e. The number of carbonyl (C=O) groups excluding carboxylic acids is 1. The van der Waals surface area contributed by atoms with E-state index in [0.717, 1.165) is 32.4 Å². The fourth-order valence-electron chi connectivity index (χ4n) is 2.51. The molecule has 3 N–H and O–H groups in total. The highest BCUT2D eigenvalue weighted by atomic mass is 16.1. The van der Waals surface area contributed by atoms with Crippen LogP contribution < -0.4 is 11.1 Å². The molecular formula is C14H29N3O. The van der Waals surface area contributed by atoms with Crippen molar-refractivity contribution >= 4 is 5.91 Å². The number of amides is 1. The third-order valence-electron chi connectivity index (χ3n) is 4.34. The van der Waals surface area contributed by atoms with Crippen molar-refractivity contribution in [2.75, 3.05) is 20.1 Å². The summed E-state index contributed by atoms with van der Waals surface area (Å²) >= 11 is 0. The first-order valence-corrected chi connectivity index (χ1v) is 7.17.